The zero-order valence-electron chi connectivity index (χ0n) is 15.3. The van der Waals surface area contributed by atoms with E-state index >= 15 is 0 Å². The van der Waals surface area contributed by atoms with Crippen molar-refractivity contribution in [2.24, 2.45) is 0 Å². The molecule has 0 atom stereocenters. The maximum absolute atomic E-state index is 14.6. The molecule has 0 aliphatic rings. The molecule has 0 radical (unpaired) electrons. The van der Waals surface area contributed by atoms with Crippen LogP contribution in [0.3, 0.4) is 0 Å². The van der Waals surface area contributed by atoms with Crippen molar-refractivity contribution in [1.82, 2.24) is 19.7 Å². The molecule has 0 bridgehead atoms. The van der Waals surface area contributed by atoms with Crippen molar-refractivity contribution in [3.05, 3.63) is 53.8 Å². The third kappa shape index (κ3) is 4.63. The number of halogens is 4. The van der Waals surface area contributed by atoms with Crippen LogP contribution in [0.4, 0.5) is 35.1 Å². The molecule has 1 heterocycles. The van der Waals surface area contributed by atoms with Crippen molar-refractivity contribution in [3.8, 4) is 0 Å². The number of hydrogen-bond donors (Lipinski definition) is 2. The van der Waals surface area contributed by atoms with Gasteiger partial charge in [-0.25, -0.2) is 9.49 Å². The number of H-pyrrole nitrogens is 1. The predicted molar refractivity (Wildman–Crippen MR) is 101 cm³/mol. The Morgan fingerprint density at radius 2 is 1.75 bits per heavy atom. The SMILES string of the molecule is C[N+](C)(C)c1nc(Nc2cc(F)c(Sc3ccccc3)c(C(F)(F)F)c2)n[nH]1. The normalized spacial score (nSPS) is 12.2. The molecule has 3 aromatic rings. The van der Waals surface area contributed by atoms with E-state index in [9.17, 15) is 17.6 Å². The molecular weight excluding hydrogens is 394 g/mol. The van der Waals surface area contributed by atoms with E-state index in [4.69, 9.17) is 0 Å². The molecule has 28 heavy (non-hydrogen) atoms. The van der Waals surface area contributed by atoms with E-state index in [2.05, 4.69) is 20.5 Å². The van der Waals surface area contributed by atoms with Crippen molar-refractivity contribution >= 4 is 29.3 Å². The molecule has 10 heteroatoms. The fourth-order valence-electron chi connectivity index (χ4n) is 2.32. The number of nitrogens with zero attached hydrogens (tertiary/aromatic N) is 3. The van der Waals surface area contributed by atoms with Gasteiger partial charge in [0.1, 0.15) is 5.82 Å². The Kier molecular flexibility index (Phi) is 5.35. The number of benzene rings is 2. The van der Waals surface area contributed by atoms with Crippen LogP contribution in [-0.2, 0) is 6.18 Å². The van der Waals surface area contributed by atoms with Crippen LogP contribution in [0.1, 0.15) is 5.56 Å². The van der Waals surface area contributed by atoms with E-state index in [-0.39, 0.29) is 11.6 Å². The van der Waals surface area contributed by atoms with Crippen LogP contribution in [0.2, 0.25) is 0 Å². The smallest absolute Gasteiger partial charge is 0.323 e. The number of rotatable bonds is 5. The van der Waals surface area contributed by atoms with Crippen LogP contribution in [0.15, 0.2) is 52.3 Å². The Hall–Kier alpha value is -2.59. The first-order valence-corrected chi connectivity index (χ1v) is 9.01. The summed E-state index contributed by atoms with van der Waals surface area (Å²) < 4.78 is 55.6. The lowest BCUT2D eigenvalue weighted by Crippen LogP contribution is -2.35. The second-order valence-corrected chi connectivity index (χ2v) is 7.95. The van der Waals surface area contributed by atoms with Gasteiger partial charge in [0.05, 0.1) is 31.6 Å². The molecule has 5 nitrogen and oxygen atoms in total. The van der Waals surface area contributed by atoms with Gasteiger partial charge in [-0.2, -0.15) is 13.2 Å². The van der Waals surface area contributed by atoms with Gasteiger partial charge >= 0.3 is 12.1 Å². The van der Waals surface area contributed by atoms with Crippen molar-refractivity contribution in [2.75, 3.05) is 26.5 Å². The third-order valence-corrected chi connectivity index (χ3v) is 4.80. The minimum absolute atomic E-state index is 0.0547. The van der Waals surface area contributed by atoms with Crippen molar-refractivity contribution < 1.29 is 17.6 Å². The minimum Gasteiger partial charge on any atom is -0.323 e. The molecule has 0 spiro atoms. The summed E-state index contributed by atoms with van der Waals surface area (Å²) in [5, 5.41) is 9.24. The van der Waals surface area contributed by atoms with E-state index in [1.54, 1.807) is 30.3 Å². The van der Waals surface area contributed by atoms with Crippen LogP contribution in [0.25, 0.3) is 0 Å². The standard InChI is InChI=1S/C18H18F4N5S/c1-27(2,3)17-24-16(25-26-17)23-11-9-13(18(20,21)22)15(14(19)10-11)28-12-7-5-4-6-8-12/h4-10H,1-3H3,(H2,23,24,25,26)/q+1. The van der Waals surface area contributed by atoms with E-state index in [1.165, 1.54) is 0 Å². The Balaban J connectivity index is 1.96. The number of quaternary nitrogens is 1. The van der Waals surface area contributed by atoms with Crippen LogP contribution in [0, 0.1) is 5.82 Å². The van der Waals surface area contributed by atoms with Crippen LogP contribution < -0.4 is 9.80 Å². The van der Waals surface area contributed by atoms with Crippen molar-refractivity contribution in [3.63, 3.8) is 0 Å². The molecule has 1 aromatic heterocycles. The first kappa shape index (κ1) is 20.2. The quantitative estimate of drug-likeness (QED) is 0.455. The third-order valence-electron chi connectivity index (χ3n) is 3.68. The molecule has 0 fully saturated rings. The molecule has 2 N–H and O–H groups in total. The molecule has 0 unspecified atom stereocenters. The predicted octanol–water partition coefficient (Wildman–Crippen LogP) is 5.05. The van der Waals surface area contributed by atoms with Gasteiger partial charge < -0.3 is 5.32 Å². The summed E-state index contributed by atoms with van der Waals surface area (Å²) in [5.74, 6) is -0.428. The van der Waals surface area contributed by atoms with E-state index in [1.807, 2.05) is 21.1 Å². The fourth-order valence-corrected chi connectivity index (χ4v) is 3.29. The van der Waals surface area contributed by atoms with Gasteiger partial charge in [-0.3, -0.25) is 4.48 Å². The molecule has 148 valence electrons. The van der Waals surface area contributed by atoms with E-state index in [0.717, 1.165) is 23.9 Å². The fraction of sp³-hybridized carbons (Fsp3) is 0.222. The van der Waals surface area contributed by atoms with Gasteiger partial charge in [-0.05, 0) is 24.3 Å². The average molecular weight is 412 g/mol. The van der Waals surface area contributed by atoms with E-state index in [0.29, 0.717) is 15.3 Å². The number of nitrogens with one attached hydrogen (secondary N) is 2. The zero-order valence-corrected chi connectivity index (χ0v) is 16.1. The number of hydrogen-bond acceptors (Lipinski definition) is 4. The van der Waals surface area contributed by atoms with Gasteiger partial charge in [0.15, 0.2) is 0 Å². The van der Waals surface area contributed by atoms with Crippen LogP contribution in [-0.4, -0.2) is 36.3 Å². The van der Waals surface area contributed by atoms with Crippen molar-refractivity contribution in [2.45, 2.75) is 16.0 Å². The lowest BCUT2D eigenvalue weighted by molar-refractivity contribution is -0.140. The molecule has 3 rings (SSSR count). The molecule has 0 aliphatic carbocycles. The minimum atomic E-state index is -4.72. The lowest BCUT2D eigenvalue weighted by Gasteiger charge is -2.18. The number of aromatic amines is 1. The highest BCUT2D eigenvalue weighted by molar-refractivity contribution is 7.99. The van der Waals surface area contributed by atoms with Gasteiger partial charge in [-0.1, -0.05) is 30.0 Å². The van der Waals surface area contributed by atoms with Crippen LogP contribution >= 0.6 is 11.8 Å². The summed E-state index contributed by atoms with van der Waals surface area (Å²) in [4.78, 5) is 4.20. The lowest BCUT2D eigenvalue weighted by atomic mass is 10.2. The Morgan fingerprint density at radius 1 is 1.07 bits per heavy atom. The Bertz CT molecular complexity index is 964. The first-order valence-electron chi connectivity index (χ1n) is 8.19. The largest absolute Gasteiger partial charge is 0.417 e. The van der Waals surface area contributed by atoms with Gasteiger partial charge in [0.2, 0.25) is 0 Å². The first-order chi connectivity index (χ1) is 13.0. The molecule has 0 amide bonds. The molecule has 0 saturated carbocycles. The van der Waals surface area contributed by atoms with Gasteiger partial charge in [0.25, 0.3) is 5.95 Å². The highest BCUT2D eigenvalue weighted by Crippen LogP contribution is 2.42. The molecule has 0 saturated heterocycles. The molecular formula is C18H18F4N5S+. The number of aromatic nitrogens is 3. The monoisotopic (exact) mass is 412 g/mol. The Morgan fingerprint density at radius 3 is 2.32 bits per heavy atom. The maximum atomic E-state index is 14.6. The zero-order chi connectivity index (χ0) is 20.5. The van der Waals surface area contributed by atoms with Crippen molar-refractivity contribution in [1.29, 1.82) is 0 Å². The topological polar surface area (TPSA) is 53.6 Å². The Labute approximate surface area is 163 Å². The van der Waals surface area contributed by atoms with Gasteiger partial charge in [-0.15, -0.1) is 10.1 Å². The summed E-state index contributed by atoms with van der Waals surface area (Å²) in [6.45, 7) is 0. The summed E-state index contributed by atoms with van der Waals surface area (Å²) >= 11 is 0.727. The number of anilines is 2. The summed E-state index contributed by atoms with van der Waals surface area (Å²) in [6, 6.07) is 10.2. The highest BCUT2D eigenvalue weighted by atomic mass is 32.2. The van der Waals surface area contributed by atoms with Crippen LogP contribution in [0.5, 0.6) is 0 Å². The summed E-state index contributed by atoms with van der Waals surface area (Å²) in [7, 11) is 5.55. The van der Waals surface area contributed by atoms with Gasteiger partial charge in [0, 0.05) is 10.6 Å². The maximum Gasteiger partial charge on any atom is 0.417 e. The summed E-state index contributed by atoms with van der Waals surface area (Å²) in [5.41, 5.74) is -1.15. The second kappa shape index (κ2) is 7.44. The average Bonchev–Trinajstić information content (AvgIpc) is 3.06. The number of alkyl halides is 3. The summed E-state index contributed by atoms with van der Waals surface area (Å²) in [6.07, 6.45) is -4.72. The second-order valence-electron chi connectivity index (χ2n) is 6.87. The highest BCUT2D eigenvalue weighted by Gasteiger charge is 2.36. The molecule has 2 aromatic carbocycles. The van der Waals surface area contributed by atoms with E-state index < -0.39 is 22.5 Å². The molecule has 0 aliphatic heterocycles.